The van der Waals surface area contributed by atoms with Crippen LogP contribution in [0.4, 0.5) is 0 Å². The number of carboxylic acid groups (broad SMARTS) is 1. The van der Waals surface area contributed by atoms with E-state index in [9.17, 15) is 14.7 Å². The summed E-state index contributed by atoms with van der Waals surface area (Å²) < 4.78 is 10.2. The second kappa shape index (κ2) is 10.2. The van der Waals surface area contributed by atoms with Gasteiger partial charge in [0.15, 0.2) is 5.58 Å². The van der Waals surface area contributed by atoms with Crippen molar-refractivity contribution in [3.63, 3.8) is 0 Å². The quantitative estimate of drug-likeness (QED) is 0.232. The Hall–Kier alpha value is -4.82. The number of hydrogen-bond acceptors (Lipinski definition) is 6. The van der Waals surface area contributed by atoms with Gasteiger partial charge in [0.1, 0.15) is 0 Å². The molecule has 6 rings (SSSR count). The Morgan fingerprint density at radius 2 is 1.77 bits per heavy atom. The van der Waals surface area contributed by atoms with Crippen LogP contribution >= 0.6 is 11.5 Å². The highest BCUT2D eigenvalue weighted by Gasteiger charge is 2.22. The largest absolute Gasteiger partial charge is 0.478 e. The first kappa shape index (κ1) is 24.5. The molecule has 0 saturated heterocycles. The highest BCUT2D eigenvalue weighted by Crippen LogP contribution is 2.32. The van der Waals surface area contributed by atoms with Gasteiger partial charge in [0, 0.05) is 17.4 Å². The smallest absolute Gasteiger partial charge is 0.335 e. The van der Waals surface area contributed by atoms with E-state index >= 15 is 0 Å². The molecule has 192 valence electrons. The summed E-state index contributed by atoms with van der Waals surface area (Å²) in [5.41, 5.74) is 5.20. The fourth-order valence-electron chi connectivity index (χ4n) is 4.76. The first-order valence-corrected chi connectivity index (χ1v) is 13.2. The van der Waals surface area contributed by atoms with Gasteiger partial charge in [0.2, 0.25) is 0 Å². The van der Waals surface area contributed by atoms with Crippen molar-refractivity contribution in [2.75, 3.05) is 0 Å². The van der Waals surface area contributed by atoms with Crippen LogP contribution in [0.5, 0.6) is 0 Å². The summed E-state index contributed by atoms with van der Waals surface area (Å²) in [7, 11) is 0. The fraction of sp³-hybridized carbons (Fsp3) is 0.0968. The first-order valence-electron chi connectivity index (χ1n) is 12.4. The van der Waals surface area contributed by atoms with Crippen molar-refractivity contribution in [2.45, 2.75) is 19.4 Å². The van der Waals surface area contributed by atoms with Crippen LogP contribution in [-0.4, -0.2) is 26.5 Å². The lowest BCUT2D eigenvalue weighted by atomic mass is 9.97. The van der Waals surface area contributed by atoms with Crippen LogP contribution < -0.4 is 5.32 Å². The number of hydrogen-bond donors (Lipinski definition) is 2. The molecular formula is C31H23N3O4S. The number of aromatic nitrogens is 2. The Labute approximate surface area is 227 Å². The van der Waals surface area contributed by atoms with Crippen molar-refractivity contribution >= 4 is 45.2 Å². The predicted molar refractivity (Wildman–Crippen MR) is 151 cm³/mol. The summed E-state index contributed by atoms with van der Waals surface area (Å²) in [6, 6.07) is 26.2. The number of fused-ring (bicyclic) bond motifs is 2. The van der Waals surface area contributed by atoms with Crippen LogP contribution in [0.2, 0.25) is 0 Å². The summed E-state index contributed by atoms with van der Waals surface area (Å²) >= 11 is 1.33. The molecule has 0 aliphatic carbocycles. The van der Waals surface area contributed by atoms with Crippen molar-refractivity contribution < 1.29 is 19.2 Å². The van der Waals surface area contributed by atoms with Crippen LogP contribution in [0.1, 0.15) is 50.5 Å². The standard InChI is InChI=1S/C31H23N3O4S/c1-18(20-8-10-22(11-9-20)31(36)37)32-30(35)25-16-24(26-12-13-39-34-26)17-28-29(25)27(33-38-28)15-19-6-7-21-4-2-3-5-23(21)14-19/h2-14,16-18H,15H2,1H3,(H,32,35)(H,36,37)/t18-/m0/s1. The second-order valence-corrected chi connectivity index (χ2v) is 10.1. The average molecular weight is 534 g/mol. The SMILES string of the molecule is C[C@H](NC(=O)c1cc(-c2ccsn2)cc2onc(Cc3ccc4ccccc4c3)c12)c1ccc(C(=O)O)cc1. The molecular weight excluding hydrogens is 510 g/mol. The molecule has 8 heteroatoms. The molecule has 0 aliphatic heterocycles. The van der Waals surface area contributed by atoms with E-state index in [1.165, 1.54) is 23.7 Å². The Balaban J connectivity index is 1.38. The number of carbonyl (C=O) groups excluding carboxylic acids is 1. The summed E-state index contributed by atoms with van der Waals surface area (Å²) in [6.07, 6.45) is 0.500. The first-order chi connectivity index (χ1) is 19.0. The molecule has 0 fully saturated rings. The number of carboxylic acids is 1. The Kier molecular flexibility index (Phi) is 6.38. The number of nitrogens with one attached hydrogen (secondary N) is 1. The minimum atomic E-state index is -0.995. The normalized spacial score (nSPS) is 12.0. The minimum absolute atomic E-state index is 0.192. The van der Waals surface area contributed by atoms with Crippen molar-refractivity contribution in [3.05, 3.63) is 118 Å². The van der Waals surface area contributed by atoms with Gasteiger partial charge in [0.05, 0.1) is 33.9 Å². The monoisotopic (exact) mass is 533 g/mol. The fourth-order valence-corrected chi connectivity index (χ4v) is 5.29. The van der Waals surface area contributed by atoms with Crippen LogP contribution in [-0.2, 0) is 6.42 Å². The number of benzene rings is 4. The lowest BCUT2D eigenvalue weighted by molar-refractivity contribution is 0.0696. The number of aromatic carboxylic acids is 1. The van der Waals surface area contributed by atoms with Crippen LogP contribution in [0.15, 0.2) is 94.8 Å². The van der Waals surface area contributed by atoms with E-state index < -0.39 is 5.97 Å². The summed E-state index contributed by atoms with van der Waals surface area (Å²) in [6.45, 7) is 1.86. The number of carbonyl (C=O) groups is 2. The molecule has 0 spiro atoms. The third-order valence-corrected chi connectivity index (χ3v) is 7.37. The van der Waals surface area contributed by atoms with E-state index in [0.29, 0.717) is 28.6 Å². The van der Waals surface area contributed by atoms with E-state index in [-0.39, 0.29) is 17.5 Å². The minimum Gasteiger partial charge on any atom is -0.478 e. The van der Waals surface area contributed by atoms with Gasteiger partial charge < -0.3 is 14.9 Å². The molecule has 6 aromatic rings. The molecule has 39 heavy (non-hydrogen) atoms. The van der Waals surface area contributed by atoms with Gasteiger partial charge in [0.25, 0.3) is 5.91 Å². The summed E-state index contributed by atoms with van der Waals surface area (Å²) in [4.78, 5) is 24.9. The Bertz CT molecular complexity index is 1820. The maximum Gasteiger partial charge on any atom is 0.335 e. The van der Waals surface area contributed by atoms with Gasteiger partial charge in [-0.25, -0.2) is 4.79 Å². The molecule has 0 saturated carbocycles. The van der Waals surface area contributed by atoms with E-state index in [1.54, 1.807) is 12.1 Å². The molecule has 1 atom stereocenters. The number of rotatable bonds is 7. The average Bonchev–Trinajstić information content (AvgIpc) is 3.63. The lowest BCUT2D eigenvalue weighted by Crippen LogP contribution is -2.27. The zero-order valence-corrected chi connectivity index (χ0v) is 21.7. The molecule has 2 heterocycles. The van der Waals surface area contributed by atoms with E-state index in [4.69, 9.17) is 4.52 Å². The van der Waals surface area contributed by atoms with Gasteiger partial charge in [-0.3, -0.25) is 4.79 Å². The van der Waals surface area contributed by atoms with Gasteiger partial charge in [-0.15, -0.1) is 0 Å². The second-order valence-electron chi connectivity index (χ2n) is 9.39. The van der Waals surface area contributed by atoms with Crippen molar-refractivity contribution in [2.24, 2.45) is 0 Å². The zero-order valence-electron chi connectivity index (χ0n) is 20.9. The maximum atomic E-state index is 13.7. The molecule has 2 aromatic heterocycles. The third-order valence-electron chi connectivity index (χ3n) is 6.81. The Morgan fingerprint density at radius 1 is 0.974 bits per heavy atom. The van der Waals surface area contributed by atoms with E-state index in [2.05, 4.69) is 45.2 Å². The van der Waals surface area contributed by atoms with Gasteiger partial charge in [-0.1, -0.05) is 59.8 Å². The highest BCUT2D eigenvalue weighted by molar-refractivity contribution is 7.03. The molecule has 0 bridgehead atoms. The third kappa shape index (κ3) is 4.89. The molecule has 7 nitrogen and oxygen atoms in total. The zero-order chi connectivity index (χ0) is 26.9. The molecule has 0 unspecified atom stereocenters. The predicted octanol–water partition coefficient (Wildman–Crippen LogP) is 6.88. The lowest BCUT2D eigenvalue weighted by Gasteiger charge is -2.16. The maximum absolute atomic E-state index is 13.7. The topological polar surface area (TPSA) is 105 Å². The van der Waals surface area contributed by atoms with E-state index in [1.807, 2.05) is 42.6 Å². The van der Waals surface area contributed by atoms with Crippen LogP contribution in [0.3, 0.4) is 0 Å². The van der Waals surface area contributed by atoms with Crippen molar-refractivity contribution in [1.82, 2.24) is 14.8 Å². The van der Waals surface area contributed by atoms with Gasteiger partial charge >= 0.3 is 5.97 Å². The van der Waals surface area contributed by atoms with Crippen LogP contribution in [0, 0.1) is 0 Å². The highest BCUT2D eigenvalue weighted by atomic mass is 32.1. The van der Waals surface area contributed by atoms with Crippen molar-refractivity contribution in [3.8, 4) is 11.3 Å². The molecule has 2 N–H and O–H groups in total. The summed E-state index contributed by atoms with van der Waals surface area (Å²) in [5.74, 6) is -1.28. The Morgan fingerprint density at radius 3 is 2.51 bits per heavy atom. The van der Waals surface area contributed by atoms with Gasteiger partial charge in [-0.2, -0.15) is 4.37 Å². The number of nitrogens with zero attached hydrogens (tertiary/aromatic N) is 2. The van der Waals surface area contributed by atoms with Crippen LogP contribution in [0.25, 0.3) is 33.0 Å². The molecule has 0 radical (unpaired) electrons. The van der Waals surface area contributed by atoms with Crippen molar-refractivity contribution in [1.29, 1.82) is 0 Å². The molecule has 1 amide bonds. The molecule has 4 aromatic carbocycles. The molecule has 0 aliphatic rings. The van der Waals surface area contributed by atoms with Gasteiger partial charge in [-0.05, 0) is 70.7 Å². The number of amides is 1. The summed E-state index contributed by atoms with van der Waals surface area (Å²) in [5, 5.41) is 21.4. The van der Waals surface area contributed by atoms with E-state index in [0.717, 1.165) is 33.2 Å².